The summed E-state index contributed by atoms with van der Waals surface area (Å²) in [5.41, 5.74) is -0.436. The Hall–Kier alpha value is -2.17. The SMILES string of the molecule is CC(C)(C)Cn1c(C(=O)O)cc(=O)c2ccc(F)cc21. The fraction of sp³-hybridized carbons (Fsp3) is 0.333. The molecule has 2 rings (SSSR count). The molecule has 0 radical (unpaired) electrons. The Kier molecular flexibility index (Phi) is 3.38. The molecule has 2 aromatic rings. The summed E-state index contributed by atoms with van der Waals surface area (Å²) < 4.78 is 14.9. The second kappa shape index (κ2) is 4.74. The molecule has 106 valence electrons. The molecule has 0 saturated heterocycles. The van der Waals surface area contributed by atoms with Gasteiger partial charge in [0, 0.05) is 18.0 Å². The van der Waals surface area contributed by atoms with Gasteiger partial charge in [-0.25, -0.2) is 9.18 Å². The van der Waals surface area contributed by atoms with E-state index in [1.54, 1.807) is 0 Å². The summed E-state index contributed by atoms with van der Waals surface area (Å²) in [7, 11) is 0. The number of nitrogens with zero attached hydrogens (tertiary/aromatic N) is 1. The molecule has 0 amide bonds. The molecular weight excluding hydrogens is 261 g/mol. The molecule has 0 bridgehead atoms. The van der Waals surface area contributed by atoms with Crippen molar-refractivity contribution in [1.29, 1.82) is 0 Å². The van der Waals surface area contributed by atoms with Crippen LogP contribution < -0.4 is 5.43 Å². The standard InChI is InChI=1S/C15H16FNO3/c1-15(2,3)8-17-11-6-9(16)4-5-10(11)13(18)7-12(17)14(19)20/h4-7H,8H2,1-3H3,(H,19,20). The van der Waals surface area contributed by atoms with Crippen molar-refractivity contribution in [2.45, 2.75) is 27.3 Å². The van der Waals surface area contributed by atoms with Crippen molar-refractivity contribution in [3.8, 4) is 0 Å². The quantitative estimate of drug-likeness (QED) is 0.918. The third-order valence-electron chi connectivity index (χ3n) is 2.93. The maximum Gasteiger partial charge on any atom is 0.352 e. The van der Waals surface area contributed by atoms with Gasteiger partial charge in [0.1, 0.15) is 11.5 Å². The van der Waals surface area contributed by atoms with E-state index in [9.17, 15) is 19.1 Å². The fourth-order valence-corrected chi connectivity index (χ4v) is 2.17. The first-order valence-corrected chi connectivity index (χ1v) is 6.25. The van der Waals surface area contributed by atoms with Crippen LogP contribution in [0.4, 0.5) is 4.39 Å². The number of carboxylic acids is 1. The molecule has 1 heterocycles. The van der Waals surface area contributed by atoms with Crippen LogP contribution in [0.1, 0.15) is 31.3 Å². The number of carbonyl (C=O) groups is 1. The van der Waals surface area contributed by atoms with Crippen molar-refractivity contribution in [2.75, 3.05) is 0 Å². The summed E-state index contributed by atoms with van der Waals surface area (Å²) in [6.07, 6.45) is 0. The van der Waals surface area contributed by atoms with Gasteiger partial charge in [-0.1, -0.05) is 20.8 Å². The largest absolute Gasteiger partial charge is 0.477 e. The second-order valence-electron chi connectivity index (χ2n) is 6.01. The topological polar surface area (TPSA) is 59.3 Å². The Morgan fingerprint density at radius 3 is 2.50 bits per heavy atom. The number of halogens is 1. The first-order valence-electron chi connectivity index (χ1n) is 6.25. The van der Waals surface area contributed by atoms with Gasteiger partial charge in [-0.3, -0.25) is 4.79 Å². The molecule has 1 N–H and O–H groups in total. The number of benzene rings is 1. The summed E-state index contributed by atoms with van der Waals surface area (Å²) in [5, 5.41) is 9.58. The van der Waals surface area contributed by atoms with Crippen molar-refractivity contribution in [1.82, 2.24) is 4.57 Å². The highest BCUT2D eigenvalue weighted by Crippen LogP contribution is 2.22. The highest BCUT2D eigenvalue weighted by Gasteiger charge is 2.19. The summed E-state index contributed by atoms with van der Waals surface area (Å²) in [6.45, 7) is 6.21. The van der Waals surface area contributed by atoms with Crippen LogP contribution in [0.15, 0.2) is 29.1 Å². The van der Waals surface area contributed by atoms with E-state index >= 15 is 0 Å². The highest BCUT2D eigenvalue weighted by molar-refractivity contribution is 5.90. The molecule has 0 fully saturated rings. The van der Waals surface area contributed by atoms with Gasteiger partial charge in [-0.05, 0) is 23.6 Å². The van der Waals surface area contributed by atoms with E-state index in [-0.39, 0.29) is 11.1 Å². The molecule has 0 aliphatic carbocycles. The summed E-state index contributed by atoms with van der Waals surface area (Å²) in [4.78, 5) is 23.3. The number of aromatic carboxylic acids is 1. The first-order chi connectivity index (χ1) is 9.19. The van der Waals surface area contributed by atoms with Gasteiger partial charge in [0.05, 0.1) is 5.52 Å². The average molecular weight is 277 g/mol. The van der Waals surface area contributed by atoms with E-state index in [4.69, 9.17) is 0 Å². The summed E-state index contributed by atoms with van der Waals surface area (Å²) >= 11 is 0. The molecule has 1 aromatic carbocycles. The fourth-order valence-electron chi connectivity index (χ4n) is 2.17. The number of rotatable bonds is 2. The molecular formula is C15H16FNO3. The van der Waals surface area contributed by atoms with E-state index in [0.717, 1.165) is 6.07 Å². The summed E-state index contributed by atoms with van der Waals surface area (Å²) in [6, 6.07) is 4.88. The summed E-state index contributed by atoms with van der Waals surface area (Å²) in [5.74, 6) is -1.69. The van der Waals surface area contributed by atoms with Gasteiger partial charge in [0.15, 0.2) is 5.43 Å². The van der Waals surface area contributed by atoms with Gasteiger partial charge in [-0.15, -0.1) is 0 Å². The van der Waals surface area contributed by atoms with E-state index in [1.165, 1.54) is 22.8 Å². The Balaban J connectivity index is 2.88. The lowest BCUT2D eigenvalue weighted by Gasteiger charge is -2.23. The van der Waals surface area contributed by atoms with Gasteiger partial charge in [0.25, 0.3) is 0 Å². The van der Waals surface area contributed by atoms with E-state index in [0.29, 0.717) is 17.4 Å². The zero-order valence-electron chi connectivity index (χ0n) is 11.6. The maximum absolute atomic E-state index is 13.5. The van der Waals surface area contributed by atoms with Crippen molar-refractivity contribution in [3.63, 3.8) is 0 Å². The lowest BCUT2D eigenvalue weighted by Crippen LogP contribution is -2.24. The Morgan fingerprint density at radius 1 is 1.30 bits per heavy atom. The molecule has 0 aliphatic heterocycles. The zero-order chi connectivity index (χ0) is 15.1. The molecule has 5 heteroatoms. The number of hydrogen-bond acceptors (Lipinski definition) is 2. The van der Waals surface area contributed by atoms with E-state index < -0.39 is 17.2 Å². The van der Waals surface area contributed by atoms with Crippen molar-refractivity contribution < 1.29 is 14.3 Å². The third-order valence-corrected chi connectivity index (χ3v) is 2.93. The second-order valence-corrected chi connectivity index (χ2v) is 6.01. The van der Waals surface area contributed by atoms with Gasteiger partial charge >= 0.3 is 5.97 Å². The third kappa shape index (κ3) is 2.71. The minimum absolute atomic E-state index is 0.122. The monoisotopic (exact) mass is 277 g/mol. The Bertz CT molecular complexity index is 741. The number of hydrogen-bond donors (Lipinski definition) is 1. The molecule has 0 aliphatic rings. The van der Waals surface area contributed by atoms with Gasteiger partial charge < -0.3 is 9.67 Å². The molecule has 4 nitrogen and oxygen atoms in total. The lowest BCUT2D eigenvalue weighted by molar-refractivity contribution is 0.0682. The molecule has 1 aromatic heterocycles. The number of fused-ring (bicyclic) bond motifs is 1. The zero-order valence-corrected chi connectivity index (χ0v) is 11.6. The lowest BCUT2D eigenvalue weighted by atomic mass is 9.96. The Morgan fingerprint density at radius 2 is 1.95 bits per heavy atom. The molecule has 20 heavy (non-hydrogen) atoms. The molecule has 0 saturated carbocycles. The number of pyridine rings is 1. The smallest absolute Gasteiger partial charge is 0.352 e. The van der Waals surface area contributed by atoms with E-state index in [2.05, 4.69) is 0 Å². The van der Waals surface area contributed by atoms with Crippen LogP contribution in [-0.4, -0.2) is 15.6 Å². The molecule has 0 unspecified atom stereocenters. The minimum atomic E-state index is -1.20. The van der Waals surface area contributed by atoms with Crippen LogP contribution in [-0.2, 0) is 6.54 Å². The van der Waals surface area contributed by atoms with E-state index in [1.807, 2.05) is 20.8 Å². The van der Waals surface area contributed by atoms with Gasteiger partial charge in [0.2, 0.25) is 0 Å². The van der Waals surface area contributed by atoms with Crippen molar-refractivity contribution in [3.05, 3.63) is 46.0 Å². The maximum atomic E-state index is 13.5. The molecule has 0 spiro atoms. The molecule has 0 atom stereocenters. The van der Waals surface area contributed by atoms with Crippen LogP contribution in [0.5, 0.6) is 0 Å². The van der Waals surface area contributed by atoms with Crippen LogP contribution in [0.2, 0.25) is 0 Å². The van der Waals surface area contributed by atoms with Crippen LogP contribution >= 0.6 is 0 Å². The Labute approximate surface area is 115 Å². The van der Waals surface area contributed by atoms with Crippen LogP contribution in [0, 0.1) is 11.2 Å². The first kappa shape index (κ1) is 14.2. The predicted octanol–water partition coefficient (Wildman–Crippen LogP) is 2.88. The average Bonchev–Trinajstić information content (AvgIpc) is 2.30. The van der Waals surface area contributed by atoms with Crippen molar-refractivity contribution in [2.24, 2.45) is 5.41 Å². The van der Waals surface area contributed by atoms with Crippen molar-refractivity contribution >= 4 is 16.9 Å². The highest BCUT2D eigenvalue weighted by atomic mass is 19.1. The van der Waals surface area contributed by atoms with Gasteiger partial charge in [-0.2, -0.15) is 0 Å². The van der Waals surface area contributed by atoms with Crippen LogP contribution in [0.3, 0.4) is 0 Å². The minimum Gasteiger partial charge on any atom is -0.477 e. The predicted molar refractivity (Wildman–Crippen MR) is 74.6 cm³/mol. The number of aromatic nitrogens is 1. The normalized spacial score (nSPS) is 11.8. The van der Waals surface area contributed by atoms with Crippen LogP contribution in [0.25, 0.3) is 10.9 Å². The number of carboxylic acid groups (broad SMARTS) is 1.